The number of nitrogens with one attached hydrogen (secondary N) is 1. The molecule has 248 valence electrons. The molecule has 1 N–H and O–H groups in total. The minimum Gasteiger partial charge on any atom is -0.462 e. The van der Waals surface area contributed by atoms with Gasteiger partial charge in [0.15, 0.2) is 0 Å². The van der Waals surface area contributed by atoms with Crippen LogP contribution >= 0.6 is 0 Å². The van der Waals surface area contributed by atoms with E-state index in [2.05, 4.69) is 5.32 Å². The van der Waals surface area contributed by atoms with Gasteiger partial charge in [0.2, 0.25) is 11.3 Å². The Kier molecular flexibility index (Phi) is 10.3. The Hall–Kier alpha value is -5.42. The topological polar surface area (TPSA) is 89.9 Å². The van der Waals surface area contributed by atoms with Crippen molar-refractivity contribution in [3.63, 3.8) is 0 Å². The van der Waals surface area contributed by atoms with Gasteiger partial charge in [-0.25, -0.2) is 4.79 Å². The highest BCUT2D eigenvalue weighted by atomic mass is 19.4. The van der Waals surface area contributed by atoms with Gasteiger partial charge in [-0.05, 0) is 67.6 Å². The molecule has 1 heterocycles. The lowest BCUT2D eigenvalue weighted by Gasteiger charge is -2.23. The first-order valence-corrected chi connectivity index (χ1v) is 15.2. The van der Waals surface area contributed by atoms with Crippen LogP contribution in [0.3, 0.4) is 0 Å². The van der Waals surface area contributed by atoms with E-state index in [1.807, 2.05) is 42.3 Å². The van der Waals surface area contributed by atoms with Crippen LogP contribution in [0.4, 0.5) is 18.9 Å². The number of halogens is 3. The predicted molar refractivity (Wildman–Crippen MR) is 177 cm³/mol. The predicted octanol–water partition coefficient (Wildman–Crippen LogP) is 7.63. The molecule has 0 bridgehead atoms. The van der Waals surface area contributed by atoms with E-state index < -0.39 is 23.1 Å². The highest BCUT2D eigenvalue weighted by molar-refractivity contribution is 5.95. The first-order chi connectivity index (χ1) is 22.9. The highest BCUT2D eigenvalue weighted by Gasteiger charge is 2.33. The van der Waals surface area contributed by atoms with Crippen molar-refractivity contribution in [3.8, 4) is 11.5 Å². The zero-order chi connectivity index (χ0) is 34.4. The summed E-state index contributed by atoms with van der Waals surface area (Å²) < 4.78 is 55.0. The van der Waals surface area contributed by atoms with Crippen molar-refractivity contribution in [1.82, 2.24) is 9.47 Å². The van der Waals surface area contributed by atoms with Crippen molar-refractivity contribution in [1.29, 1.82) is 0 Å². The number of pyridine rings is 1. The molecule has 0 saturated heterocycles. The molecule has 0 fully saturated rings. The molecular weight excluding hydrogens is 623 g/mol. The smallest absolute Gasteiger partial charge is 0.416 e. The molecule has 0 saturated carbocycles. The fourth-order valence-corrected chi connectivity index (χ4v) is 5.54. The largest absolute Gasteiger partial charge is 0.462 e. The number of benzene rings is 4. The molecular formula is C37H34F3N3O5. The summed E-state index contributed by atoms with van der Waals surface area (Å²) >= 11 is 0. The number of esters is 1. The number of rotatable bonds is 11. The second-order valence-electron chi connectivity index (χ2n) is 11.3. The fraction of sp³-hybridized carbons (Fsp3) is 0.216. The lowest BCUT2D eigenvalue weighted by molar-refractivity contribution is -0.138. The van der Waals surface area contributed by atoms with Gasteiger partial charge in [0, 0.05) is 44.0 Å². The Morgan fingerprint density at radius 1 is 0.896 bits per heavy atom. The molecule has 8 nitrogen and oxygen atoms in total. The van der Waals surface area contributed by atoms with Crippen LogP contribution in [0.25, 0.3) is 10.9 Å². The van der Waals surface area contributed by atoms with Crippen molar-refractivity contribution in [2.75, 3.05) is 19.0 Å². The Balaban J connectivity index is 1.70. The number of ether oxygens (including phenoxy) is 2. The van der Waals surface area contributed by atoms with Gasteiger partial charge in [0.05, 0.1) is 23.1 Å². The van der Waals surface area contributed by atoms with Gasteiger partial charge in [-0.2, -0.15) is 13.2 Å². The summed E-state index contributed by atoms with van der Waals surface area (Å²) in [5, 5.41) is 2.82. The molecule has 4 aromatic carbocycles. The third kappa shape index (κ3) is 7.92. The molecule has 0 radical (unpaired) electrons. The van der Waals surface area contributed by atoms with Crippen LogP contribution in [0.15, 0.2) is 102 Å². The van der Waals surface area contributed by atoms with Gasteiger partial charge in [0.1, 0.15) is 17.1 Å². The maximum Gasteiger partial charge on any atom is 0.416 e. The van der Waals surface area contributed by atoms with E-state index in [4.69, 9.17) is 9.47 Å². The van der Waals surface area contributed by atoms with Gasteiger partial charge in [-0.3, -0.25) is 14.5 Å². The molecule has 0 spiro atoms. The van der Waals surface area contributed by atoms with Crippen molar-refractivity contribution in [3.05, 3.63) is 135 Å². The maximum atomic E-state index is 14.2. The normalized spacial score (nSPS) is 11.5. The number of anilines is 1. The maximum absolute atomic E-state index is 14.2. The lowest BCUT2D eigenvalue weighted by Crippen LogP contribution is -2.24. The van der Waals surface area contributed by atoms with Crippen molar-refractivity contribution in [2.45, 2.75) is 39.7 Å². The Morgan fingerprint density at radius 2 is 1.58 bits per heavy atom. The van der Waals surface area contributed by atoms with Gasteiger partial charge < -0.3 is 19.4 Å². The van der Waals surface area contributed by atoms with E-state index in [0.717, 1.165) is 11.6 Å². The highest BCUT2D eigenvalue weighted by Crippen LogP contribution is 2.35. The van der Waals surface area contributed by atoms with Gasteiger partial charge in [0.25, 0.3) is 0 Å². The zero-order valence-corrected chi connectivity index (χ0v) is 26.6. The van der Waals surface area contributed by atoms with Crippen LogP contribution in [0.1, 0.15) is 46.5 Å². The standard InChI is InChI=1S/C37H34F3N3O5/c1-4-47-36(46)30-23-43(21-26-12-8-9-13-31(26)37(38,39)40)32-18-19-33(48-28-16-14-27(15-17-28)41-24(2)44)29(34(32)35(30)45)22-42(3)20-25-10-6-5-7-11-25/h5-19,23H,4,20-22H2,1-3H3,(H,41,44). The summed E-state index contributed by atoms with van der Waals surface area (Å²) in [6.07, 6.45) is -3.36. The van der Waals surface area contributed by atoms with Crippen LogP contribution in [-0.2, 0) is 35.3 Å². The Bertz CT molecular complexity index is 1990. The molecule has 5 rings (SSSR count). The van der Waals surface area contributed by atoms with Crippen LogP contribution in [0.2, 0.25) is 0 Å². The average Bonchev–Trinajstić information content (AvgIpc) is 3.04. The number of fused-ring (bicyclic) bond motifs is 1. The molecule has 48 heavy (non-hydrogen) atoms. The molecule has 0 unspecified atom stereocenters. The summed E-state index contributed by atoms with van der Waals surface area (Å²) in [7, 11) is 1.87. The van der Waals surface area contributed by atoms with Crippen molar-refractivity contribution < 1.29 is 32.2 Å². The van der Waals surface area contributed by atoms with E-state index in [-0.39, 0.29) is 42.1 Å². The van der Waals surface area contributed by atoms with E-state index in [0.29, 0.717) is 34.8 Å². The average molecular weight is 658 g/mol. The number of carbonyl (C=O) groups excluding carboxylic acids is 2. The first kappa shape index (κ1) is 33.9. The molecule has 1 aromatic heterocycles. The first-order valence-electron chi connectivity index (χ1n) is 15.2. The quantitative estimate of drug-likeness (QED) is 0.147. The molecule has 5 aromatic rings. The Labute approximate surface area is 275 Å². The second-order valence-corrected chi connectivity index (χ2v) is 11.3. The number of aromatic nitrogens is 1. The third-order valence-corrected chi connectivity index (χ3v) is 7.60. The van der Waals surface area contributed by atoms with Crippen molar-refractivity contribution in [2.24, 2.45) is 0 Å². The van der Waals surface area contributed by atoms with E-state index in [1.54, 1.807) is 43.3 Å². The molecule has 0 aliphatic rings. The molecule has 0 aliphatic heterocycles. The van der Waals surface area contributed by atoms with Crippen LogP contribution < -0.4 is 15.5 Å². The SMILES string of the molecule is CCOC(=O)c1cn(Cc2ccccc2C(F)(F)F)c2ccc(Oc3ccc(NC(C)=O)cc3)c(CN(C)Cc3ccccc3)c2c1=O. The van der Waals surface area contributed by atoms with E-state index in [9.17, 15) is 27.6 Å². The van der Waals surface area contributed by atoms with Crippen LogP contribution in [0, 0.1) is 0 Å². The van der Waals surface area contributed by atoms with E-state index >= 15 is 0 Å². The molecule has 0 atom stereocenters. The number of alkyl halides is 3. The van der Waals surface area contributed by atoms with Gasteiger partial charge in [-0.1, -0.05) is 48.5 Å². The number of carbonyl (C=O) groups is 2. The summed E-state index contributed by atoms with van der Waals surface area (Å²) in [6, 6.07) is 24.8. The second kappa shape index (κ2) is 14.6. The third-order valence-electron chi connectivity index (χ3n) is 7.60. The summed E-state index contributed by atoms with van der Waals surface area (Å²) in [4.78, 5) is 40.7. The van der Waals surface area contributed by atoms with Gasteiger partial charge in [-0.15, -0.1) is 0 Å². The lowest BCUT2D eigenvalue weighted by atomic mass is 10.0. The summed E-state index contributed by atoms with van der Waals surface area (Å²) in [6.45, 7) is 3.42. The van der Waals surface area contributed by atoms with Crippen molar-refractivity contribution >= 4 is 28.5 Å². The van der Waals surface area contributed by atoms with E-state index in [1.165, 1.54) is 35.9 Å². The fourth-order valence-electron chi connectivity index (χ4n) is 5.54. The van der Waals surface area contributed by atoms with Crippen LogP contribution in [-0.4, -0.2) is 35.0 Å². The monoisotopic (exact) mass is 657 g/mol. The minimum absolute atomic E-state index is 0.00246. The van der Waals surface area contributed by atoms with Gasteiger partial charge >= 0.3 is 12.1 Å². The summed E-state index contributed by atoms with van der Waals surface area (Å²) in [5.41, 5.74) is 0.553. The molecule has 0 aliphatic carbocycles. The number of hydrogen-bond acceptors (Lipinski definition) is 6. The van der Waals surface area contributed by atoms with Crippen LogP contribution in [0.5, 0.6) is 11.5 Å². The zero-order valence-electron chi connectivity index (χ0n) is 26.6. The number of hydrogen-bond donors (Lipinski definition) is 1. The number of amides is 1. The molecule has 11 heteroatoms. The Morgan fingerprint density at radius 3 is 2.25 bits per heavy atom. The molecule has 1 amide bonds. The summed E-state index contributed by atoms with van der Waals surface area (Å²) in [5.74, 6) is -0.384. The minimum atomic E-state index is -4.61. The number of nitrogens with zero attached hydrogens (tertiary/aromatic N) is 2.